The van der Waals surface area contributed by atoms with Crippen LogP contribution in [0.5, 0.6) is 0 Å². The van der Waals surface area contributed by atoms with Crippen LogP contribution >= 0.6 is 0 Å². The average molecular weight is 340 g/mol. The fourth-order valence-electron chi connectivity index (χ4n) is 2.50. The fourth-order valence-corrected chi connectivity index (χ4v) is 2.50. The number of benzene rings is 1. The Labute approximate surface area is 150 Å². The number of aromatic nitrogens is 2. The second kappa shape index (κ2) is 7.64. The maximum Gasteiger partial charge on any atom is 0.274 e. The first-order valence-electron chi connectivity index (χ1n) is 8.73. The summed E-state index contributed by atoms with van der Waals surface area (Å²) in [6.07, 6.45) is 0.956. The lowest BCUT2D eigenvalue weighted by Crippen LogP contribution is -2.21. The van der Waals surface area contributed by atoms with Crippen molar-refractivity contribution in [1.29, 1.82) is 0 Å². The molecule has 0 fully saturated rings. The van der Waals surface area contributed by atoms with Gasteiger partial charge in [0.1, 0.15) is 5.69 Å². The lowest BCUT2D eigenvalue weighted by molar-refractivity contribution is 0.102. The van der Waals surface area contributed by atoms with Crippen molar-refractivity contribution in [2.75, 3.05) is 10.6 Å². The number of hydrogen-bond acceptors (Lipinski definition) is 4. The maximum atomic E-state index is 12.7. The van der Waals surface area contributed by atoms with Crippen LogP contribution in [0.2, 0.25) is 0 Å². The smallest absolute Gasteiger partial charge is 0.274 e. The lowest BCUT2D eigenvalue weighted by Gasteiger charge is -2.23. The fraction of sp³-hybridized carbons (Fsp3) is 0.450. The molecule has 5 nitrogen and oxygen atoms in total. The molecule has 1 aromatic carbocycles. The predicted molar refractivity (Wildman–Crippen MR) is 103 cm³/mol. The molecule has 0 aliphatic rings. The number of amides is 1. The largest absolute Gasteiger partial charge is 0.352 e. The number of nitrogens with zero attached hydrogens (tertiary/aromatic N) is 2. The van der Waals surface area contributed by atoms with Crippen LogP contribution in [-0.4, -0.2) is 21.9 Å². The standard InChI is InChI=1S/C20H28N4O/c1-7-13(2)21-19-22-14(3)12-17(24-19)18(25)23-16-11-9-8-10-15(16)20(4,5)6/h8-13H,7H2,1-6H3,(H,23,25)(H,21,22,24). The molecule has 0 radical (unpaired) electrons. The van der Waals surface area contributed by atoms with E-state index in [0.717, 1.165) is 23.4 Å². The Balaban J connectivity index is 2.28. The van der Waals surface area contributed by atoms with E-state index in [-0.39, 0.29) is 17.4 Å². The Morgan fingerprint density at radius 3 is 2.52 bits per heavy atom. The van der Waals surface area contributed by atoms with E-state index in [0.29, 0.717) is 11.6 Å². The van der Waals surface area contributed by atoms with Gasteiger partial charge in [-0.3, -0.25) is 4.79 Å². The third-order valence-corrected chi connectivity index (χ3v) is 4.06. The molecule has 1 atom stereocenters. The summed E-state index contributed by atoms with van der Waals surface area (Å²) in [6, 6.07) is 9.82. The number of hydrogen-bond donors (Lipinski definition) is 2. The Bertz CT molecular complexity index is 750. The monoisotopic (exact) mass is 340 g/mol. The molecule has 1 unspecified atom stereocenters. The molecule has 2 rings (SSSR count). The van der Waals surface area contributed by atoms with Gasteiger partial charge in [-0.25, -0.2) is 9.97 Å². The third-order valence-electron chi connectivity index (χ3n) is 4.06. The number of nitrogens with one attached hydrogen (secondary N) is 2. The maximum absolute atomic E-state index is 12.7. The molecular formula is C20H28N4O. The summed E-state index contributed by atoms with van der Waals surface area (Å²) in [5.74, 6) is 0.262. The van der Waals surface area contributed by atoms with Gasteiger partial charge in [-0.15, -0.1) is 0 Å². The van der Waals surface area contributed by atoms with E-state index in [4.69, 9.17) is 0 Å². The van der Waals surface area contributed by atoms with Crippen molar-refractivity contribution in [3.63, 3.8) is 0 Å². The molecule has 0 bridgehead atoms. The highest BCUT2D eigenvalue weighted by Crippen LogP contribution is 2.29. The molecule has 0 saturated carbocycles. The van der Waals surface area contributed by atoms with Gasteiger partial charge in [-0.05, 0) is 43.4 Å². The summed E-state index contributed by atoms with van der Waals surface area (Å²) in [7, 11) is 0. The molecular weight excluding hydrogens is 312 g/mol. The second-order valence-corrected chi connectivity index (χ2v) is 7.42. The van der Waals surface area contributed by atoms with E-state index in [1.807, 2.05) is 31.2 Å². The van der Waals surface area contributed by atoms with E-state index in [9.17, 15) is 4.79 Å². The molecule has 1 amide bonds. The highest BCUT2D eigenvalue weighted by atomic mass is 16.1. The Hall–Kier alpha value is -2.43. The van der Waals surface area contributed by atoms with Crippen LogP contribution in [-0.2, 0) is 5.41 Å². The van der Waals surface area contributed by atoms with Crippen LogP contribution in [0.25, 0.3) is 0 Å². The van der Waals surface area contributed by atoms with Crippen LogP contribution in [0, 0.1) is 6.92 Å². The summed E-state index contributed by atoms with van der Waals surface area (Å²) < 4.78 is 0. The molecule has 5 heteroatoms. The topological polar surface area (TPSA) is 66.9 Å². The third kappa shape index (κ3) is 5.02. The molecule has 0 aliphatic carbocycles. The van der Waals surface area contributed by atoms with Crippen LogP contribution in [0.3, 0.4) is 0 Å². The lowest BCUT2D eigenvalue weighted by atomic mass is 9.86. The Morgan fingerprint density at radius 1 is 1.20 bits per heavy atom. The highest BCUT2D eigenvalue weighted by Gasteiger charge is 2.20. The van der Waals surface area contributed by atoms with Gasteiger partial charge in [0.15, 0.2) is 0 Å². The molecule has 25 heavy (non-hydrogen) atoms. The zero-order valence-electron chi connectivity index (χ0n) is 16.0. The molecule has 0 spiro atoms. The molecule has 2 N–H and O–H groups in total. The minimum Gasteiger partial charge on any atom is -0.352 e. The zero-order valence-corrected chi connectivity index (χ0v) is 16.0. The van der Waals surface area contributed by atoms with Crippen LogP contribution in [0.1, 0.15) is 62.8 Å². The summed E-state index contributed by atoms with van der Waals surface area (Å²) in [6.45, 7) is 12.4. The van der Waals surface area contributed by atoms with Crippen molar-refractivity contribution >= 4 is 17.5 Å². The van der Waals surface area contributed by atoms with E-state index in [1.54, 1.807) is 6.07 Å². The number of aryl methyl sites for hydroxylation is 1. The SMILES string of the molecule is CCC(C)Nc1nc(C)cc(C(=O)Nc2ccccc2C(C)(C)C)n1. The van der Waals surface area contributed by atoms with Crippen LogP contribution in [0.4, 0.5) is 11.6 Å². The normalized spacial score (nSPS) is 12.6. The summed E-state index contributed by atoms with van der Waals surface area (Å²) in [5.41, 5.74) is 2.96. The molecule has 2 aromatic rings. The minimum atomic E-state index is -0.227. The number of carbonyl (C=O) groups excluding carboxylic acids is 1. The first kappa shape index (κ1) is 18.9. The van der Waals surface area contributed by atoms with Crippen molar-refractivity contribution < 1.29 is 4.79 Å². The van der Waals surface area contributed by atoms with Gasteiger partial charge in [0.25, 0.3) is 5.91 Å². The van der Waals surface area contributed by atoms with Crippen molar-refractivity contribution in [3.05, 3.63) is 47.3 Å². The number of anilines is 2. The molecule has 0 saturated heterocycles. The zero-order chi connectivity index (χ0) is 18.6. The predicted octanol–water partition coefficient (Wildman–Crippen LogP) is 4.55. The van der Waals surface area contributed by atoms with Crippen LogP contribution < -0.4 is 10.6 Å². The minimum absolute atomic E-state index is 0.0608. The van der Waals surface area contributed by atoms with E-state index >= 15 is 0 Å². The summed E-state index contributed by atoms with van der Waals surface area (Å²) >= 11 is 0. The first-order chi connectivity index (χ1) is 11.7. The average Bonchev–Trinajstić information content (AvgIpc) is 2.53. The van der Waals surface area contributed by atoms with Crippen molar-refractivity contribution in [3.8, 4) is 0 Å². The first-order valence-corrected chi connectivity index (χ1v) is 8.73. The quantitative estimate of drug-likeness (QED) is 0.838. The van der Waals surface area contributed by atoms with E-state index in [2.05, 4.69) is 55.2 Å². The number of para-hydroxylation sites is 1. The number of carbonyl (C=O) groups is 1. The van der Waals surface area contributed by atoms with Gasteiger partial charge in [0, 0.05) is 17.4 Å². The Morgan fingerprint density at radius 2 is 1.88 bits per heavy atom. The van der Waals surface area contributed by atoms with Gasteiger partial charge in [0.05, 0.1) is 0 Å². The van der Waals surface area contributed by atoms with Crippen molar-refractivity contribution in [2.24, 2.45) is 0 Å². The summed E-state index contributed by atoms with van der Waals surface area (Å²) in [4.78, 5) is 21.5. The van der Waals surface area contributed by atoms with Gasteiger partial charge >= 0.3 is 0 Å². The second-order valence-electron chi connectivity index (χ2n) is 7.42. The van der Waals surface area contributed by atoms with E-state index < -0.39 is 0 Å². The number of rotatable bonds is 5. The Kier molecular flexibility index (Phi) is 5.77. The van der Waals surface area contributed by atoms with E-state index in [1.165, 1.54) is 0 Å². The molecule has 1 aromatic heterocycles. The molecule has 1 heterocycles. The molecule has 134 valence electrons. The van der Waals surface area contributed by atoms with Gasteiger partial charge in [-0.2, -0.15) is 0 Å². The van der Waals surface area contributed by atoms with Crippen molar-refractivity contribution in [1.82, 2.24) is 9.97 Å². The van der Waals surface area contributed by atoms with Crippen LogP contribution in [0.15, 0.2) is 30.3 Å². The van der Waals surface area contributed by atoms with Crippen molar-refractivity contribution in [2.45, 2.75) is 59.4 Å². The highest BCUT2D eigenvalue weighted by molar-refractivity contribution is 6.03. The van der Waals surface area contributed by atoms with Gasteiger partial charge in [-0.1, -0.05) is 45.9 Å². The van der Waals surface area contributed by atoms with Gasteiger partial charge < -0.3 is 10.6 Å². The van der Waals surface area contributed by atoms with Gasteiger partial charge in [0.2, 0.25) is 5.95 Å². The molecule has 0 aliphatic heterocycles. The summed E-state index contributed by atoms with van der Waals surface area (Å²) in [5, 5.41) is 6.22.